The number of carbonyl (C=O) groups excluding carboxylic acids is 1. The molecule has 1 rings (SSSR count). The zero-order chi connectivity index (χ0) is 12.0. The van der Waals surface area contributed by atoms with Gasteiger partial charge >= 0.3 is 0 Å². The third-order valence-corrected chi connectivity index (χ3v) is 2.45. The molecule has 0 aromatic heterocycles. The second kappa shape index (κ2) is 6.75. The summed E-state index contributed by atoms with van der Waals surface area (Å²) in [6, 6.07) is 0. The molecule has 16 heavy (non-hydrogen) atoms. The summed E-state index contributed by atoms with van der Waals surface area (Å²) >= 11 is 0. The molecule has 1 atom stereocenters. The fourth-order valence-electron chi connectivity index (χ4n) is 1.67. The van der Waals surface area contributed by atoms with Crippen LogP contribution in [-0.4, -0.2) is 54.7 Å². The number of aliphatic hydroxyl groups is 1. The highest BCUT2D eigenvalue weighted by Gasteiger charge is 2.21. The number of piperidine rings is 1. The van der Waals surface area contributed by atoms with Crippen LogP contribution in [0.15, 0.2) is 0 Å². The number of alkyl halides is 2. The topological polar surface area (TPSA) is 49.8 Å². The van der Waals surface area contributed by atoms with E-state index in [0.717, 1.165) is 6.42 Å². The van der Waals surface area contributed by atoms with E-state index in [2.05, 4.69) is 4.74 Å². The van der Waals surface area contributed by atoms with E-state index in [1.165, 1.54) is 0 Å². The van der Waals surface area contributed by atoms with Crippen molar-refractivity contribution in [3.05, 3.63) is 0 Å². The van der Waals surface area contributed by atoms with Crippen LogP contribution < -0.4 is 0 Å². The highest BCUT2D eigenvalue weighted by molar-refractivity contribution is 5.76. The lowest BCUT2D eigenvalue weighted by atomic mass is 10.1. The van der Waals surface area contributed by atoms with Gasteiger partial charge in [0.2, 0.25) is 5.91 Å². The van der Waals surface area contributed by atoms with E-state index in [0.29, 0.717) is 19.5 Å². The Morgan fingerprint density at radius 2 is 2.31 bits per heavy atom. The third-order valence-electron chi connectivity index (χ3n) is 2.45. The van der Waals surface area contributed by atoms with Crippen molar-refractivity contribution in [2.24, 2.45) is 0 Å². The zero-order valence-electron chi connectivity index (χ0n) is 9.07. The van der Waals surface area contributed by atoms with Gasteiger partial charge in [0.1, 0.15) is 6.61 Å². The molecule has 0 spiro atoms. The van der Waals surface area contributed by atoms with Crippen LogP contribution in [0.25, 0.3) is 0 Å². The minimum absolute atomic E-state index is 0.00969. The molecular weight excluding hydrogens is 220 g/mol. The van der Waals surface area contributed by atoms with E-state index in [4.69, 9.17) is 0 Å². The van der Waals surface area contributed by atoms with E-state index >= 15 is 0 Å². The number of ether oxygens (including phenoxy) is 1. The van der Waals surface area contributed by atoms with Crippen molar-refractivity contribution < 1.29 is 23.4 Å². The largest absolute Gasteiger partial charge is 0.391 e. The molecule has 94 valence electrons. The van der Waals surface area contributed by atoms with Crippen LogP contribution in [0.1, 0.15) is 19.3 Å². The Balaban J connectivity index is 2.14. The van der Waals surface area contributed by atoms with Gasteiger partial charge in [-0.2, -0.15) is 0 Å². The van der Waals surface area contributed by atoms with Crippen molar-refractivity contribution in [3.63, 3.8) is 0 Å². The highest BCUT2D eigenvalue weighted by atomic mass is 19.3. The Morgan fingerprint density at radius 3 is 2.94 bits per heavy atom. The molecule has 6 heteroatoms. The number of β-amino-alcohol motifs (C(OH)–C–C–N with tert-alkyl or cyclic N) is 1. The quantitative estimate of drug-likeness (QED) is 0.714. The van der Waals surface area contributed by atoms with Gasteiger partial charge in [-0.05, 0) is 12.8 Å². The minimum Gasteiger partial charge on any atom is -0.391 e. The maximum Gasteiger partial charge on any atom is 0.261 e. The lowest BCUT2D eigenvalue weighted by Crippen LogP contribution is -2.42. The number of likely N-dealkylation sites (tertiary alicyclic amines) is 1. The van der Waals surface area contributed by atoms with Crippen molar-refractivity contribution in [1.82, 2.24) is 4.90 Å². The molecule has 0 radical (unpaired) electrons. The second-order valence-electron chi connectivity index (χ2n) is 3.85. The number of amides is 1. The van der Waals surface area contributed by atoms with Crippen LogP contribution in [0, 0.1) is 0 Å². The Kier molecular flexibility index (Phi) is 5.62. The van der Waals surface area contributed by atoms with E-state index in [9.17, 15) is 18.7 Å². The van der Waals surface area contributed by atoms with Gasteiger partial charge in [0.05, 0.1) is 19.1 Å². The van der Waals surface area contributed by atoms with E-state index in [1.807, 2.05) is 0 Å². The first-order valence-corrected chi connectivity index (χ1v) is 5.41. The molecule has 1 aliphatic rings. The fraction of sp³-hybridized carbons (Fsp3) is 0.900. The summed E-state index contributed by atoms with van der Waals surface area (Å²) < 4.78 is 28.0. The zero-order valence-corrected chi connectivity index (χ0v) is 9.07. The van der Waals surface area contributed by atoms with Crippen LogP contribution in [0.4, 0.5) is 8.78 Å². The van der Waals surface area contributed by atoms with Gasteiger partial charge in [-0.15, -0.1) is 0 Å². The molecule has 1 heterocycles. The Morgan fingerprint density at radius 1 is 1.56 bits per heavy atom. The Hall–Kier alpha value is -0.750. The summed E-state index contributed by atoms with van der Waals surface area (Å²) in [6.45, 7) is 0.351. The predicted molar refractivity (Wildman–Crippen MR) is 53.3 cm³/mol. The van der Waals surface area contributed by atoms with Gasteiger partial charge in [-0.25, -0.2) is 8.78 Å². The number of hydrogen-bond acceptors (Lipinski definition) is 3. The van der Waals surface area contributed by atoms with Gasteiger partial charge in [-0.3, -0.25) is 4.79 Å². The molecule has 4 nitrogen and oxygen atoms in total. The maximum absolute atomic E-state index is 11.7. The smallest absolute Gasteiger partial charge is 0.261 e. The summed E-state index contributed by atoms with van der Waals surface area (Å²) in [5, 5.41) is 9.35. The van der Waals surface area contributed by atoms with Crippen LogP contribution in [0.3, 0.4) is 0 Å². The monoisotopic (exact) mass is 237 g/mol. The second-order valence-corrected chi connectivity index (χ2v) is 3.85. The van der Waals surface area contributed by atoms with Gasteiger partial charge < -0.3 is 14.7 Å². The number of halogens is 2. The molecule has 0 saturated carbocycles. The Bertz CT molecular complexity index is 226. The van der Waals surface area contributed by atoms with Crippen molar-refractivity contribution in [2.45, 2.75) is 31.8 Å². The normalized spacial score (nSPS) is 21.5. The van der Waals surface area contributed by atoms with Crippen LogP contribution in [-0.2, 0) is 9.53 Å². The number of aliphatic hydroxyl groups excluding tert-OH is 1. The summed E-state index contributed by atoms with van der Waals surface area (Å²) in [5.74, 6) is -0.145. The molecule has 1 amide bonds. The fourth-order valence-corrected chi connectivity index (χ4v) is 1.67. The van der Waals surface area contributed by atoms with Crippen molar-refractivity contribution in [3.8, 4) is 0 Å². The summed E-state index contributed by atoms with van der Waals surface area (Å²) in [7, 11) is 0. The minimum atomic E-state index is -2.49. The SMILES string of the molecule is O=C(CCOCC(F)F)N1CCC[C@H](O)C1. The van der Waals surface area contributed by atoms with Crippen LogP contribution in [0.5, 0.6) is 0 Å². The van der Waals surface area contributed by atoms with Crippen LogP contribution >= 0.6 is 0 Å². The number of carbonyl (C=O) groups is 1. The van der Waals surface area contributed by atoms with Crippen molar-refractivity contribution in [2.75, 3.05) is 26.3 Å². The molecule has 1 saturated heterocycles. The molecule has 0 aliphatic carbocycles. The lowest BCUT2D eigenvalue weighted by Gasteiger charge is -2.30. The van der Waals surface area contributed by atoms with Crippen molar-refractivity contribution >= 4 is 5.91 Å². The molecular formula is C10H17F2NO3. The maximum atomic E-state index is 11.7. The average molecular weight is 237 g/mol. The van der Waals surface area contributed by atoms with Crippen LogP contribution in [0.2, 0.25) is 0 Å². The molecule has 1 aliphatic heterocycles. The predicted octanol–water partition coefficient (Wildman–Crippen LogP) is 0.641. The first-order valence-electron chi connectivity index (χ1n) is 5.41. The van der Waals surface area contributed by atoms with Gasteiger partial charge in [0, 0.05) is 13.1 Å². The third kappa shape index (κ3) is 4.85. The summed E-state index contributed by atoms with van der Waals surface area (Å²) in [6.07, 6.45) is -1.36. The number of hydrogen-bond donors (Lipinski definition) is 1. The van der Waals surface area contributed by atoms with Gasteiger partial charge in [-0.1, -0.05) is 0 Å². The van der Waals surface area contributed by atoms with Gasteiger partial charge in [0.25, 0.3) is 6.43 Å². The molecule has 0 unspecified atom stereocenters. The molecule has 1 N–H and O–H groups in total. The first kappa shape index (κ1) is 13.3. The van der Waals surface area contributed by atoms with Crippen molar-refractivity contribution in [1.29, 1.82) is 0 Å². The molecule has 0 aromatic rings. The van der Waals surface area contributed by atoms with Gasteiger partial charge in [0.15, 0.2) is 0 Å². The van der Waals surface area contributed by atoms with E-state index in [1.54, 1.807) is 4.90 Å². The first-order chi connectivity index (χ1) is 7.59. The lowest BCUT2D eigenvalue weighted by molar-refractivity contribution is -0.135. The number of rotatable bonds is 5. The summed E-state index contributed by atoms with van der Waals surface area (Å²) in [5.41, 5.74) is 0. The summed E-state index contributed by atoms with van der Waals surface area (Å²) in [4.78, 5) is 13.1. The molecule has 0 bridgehead atoms. The van der Waals surface area contributed by atoms with E-state index < -0.39 is 19.1 Å². The number of nitrogens with zero attached hydrogens (tertiary/aromatic N) is 1. The molecule has 1 fully saturated rings. The van der Waals surface area contributed by atoms with E-state index in [-0.39, 0.29) is 18.9 Å². The average Bonchev–Trinajstić information content (AvgIpc) is 2.24. The highest BCUT2D eigenvalue weighted by Crippen LogP contribution is 2.10. The standard InChI is InChI=1S/C10H17F2NO3/c11-9(12)7-16-5-3-10(15)13-4-1-2-8(14)6-13/h8-9,14H,1-7H2/t8-/m0/s1. The molecule has 0 aromatic carbocycles. The Labute approximate surface area is 93.2 Å².